The molecule has 0 aliphatic carbocycles. The summed E-state index contributed by atoms with van der Waals surface area (Å²) in [6.45, 7) is 10.4. The van der Waals surface area contributed by atoms with Crippen molar-refractivity contribution in [2.24, 2.45) is 0 Å². The highest BCUT2D eigenvalue weighted by Gasteiger charge is 2.41. The van der Waals surface area contributed by atoms with Crippen molar-refractivity contribution in [3.05, 3.63) is 114 Å². The number of hydrogen-bond donors (Lipinski definition) is 5. The summed E-state index contributed by atoms with van der Waals surface area (Å²) < 4.78 is 21.5. The van der Waals surface area contributed by atoms with E-state index in [1.165, 1.54) is 30.4 Å². The number of nitrogens with one attached hydrogen (secondary N) is 3. The second kappa shape index (κ2) is 19.9. The van der Waals surface area contributed by atoms with Gasteiger partial charge in [-0.1, -0.05) is 61.6 Å². The molecular formula is C43H51FN6O7S2. The molecule has 314 valence electrons. The summed E-state index contributed by atoms with van der Waals surface area (Å²) in [5.74, 6) is -0.287. The average molecular weight is 847 g/mol. The minimum Gasteiger partial charge on any atom is -0.506 e. The number of aromatic amines is 1. The number of piperidine rings is 1. The van der Waals surface area contributed by atoms with Crippen LogP contribution in [0.1, 0.15) is 88.2 Å². The number of nitrogens with zero attached hydrogens (tertiary/aromatic N) is 3. The molecule has 5 N–H and O–H groups in total. The van der Waals surface area contributed by atoms with Gasteiger partial charge in [0.1, 0.15) is 28.6 Å². The number of halogens is 1. The van der Waals surface area contributed by atoms with Crippen molar-refractivity contribution < 1.29 is 33.7 Å². The third-order valence-corrected chi connectivity index (χ3v) is 12.5. The van der Waals surface area contributed by atoms with Gasteiger partial charge in [-0.15, -0.1) is 11.3 Å². The van der Waals surface area contributed by atoms with Gasteiger partial charge in [0.05, 0.1) is 41.1 Å². The Morgan fingerprint density at radius 3 is 2.54 bits per heavy atom. The Morgan fingerprint density at radius 2 is 1.83 bits per heavy atom. The van der Waals surface area contributed by atoms with Gasteiger partial charge < -0.3 is 35.5 Å². The Balaban J connectivity index is 0.000000385. The molecule has 4 heterocycles. The first-order valence-corrected chi connectivity index (χ1v) is 21.4. The fourth-order valence-electron chi connectivity index (χ4n) is 7.20. The van der Waals surface area contributed by atoms with Crippen LogP contribution < -0.4 is 15.5 Å². The highest BCUT2D eigenvalue weighted by Crippen LogP contribution is 2.33. The van der Waals surface area contributed by atoms with Crippen LogP contribution in [-0.4, -0.2) is 106 Å². The highest BCUT2D eigenvalue weighted by molar-refractivity contribution is 7.16. The van der Waals surface area contributed by atoms with Crippen LogP contribution in [-0.2, 0) is 22.5 Å². The number of phenolic OH excluding ortho intramolecular Hbond substituents is 1. The quantitative estimate of drug-likeness (QED) is 0.0966. The molecule has 0 saturated carbocycles. The molecule has 59 heavy (non-hydrogen) atoms. The summed E-state index contributed by atoms with van der Waals surface area (Å²) in [6.07, 6.45) is 1.20. The lowest BCUT2D eigenvalue weighted by molar-refractivity contribution is -0.128. The van der Waals surface area contributed by atoms with Gasteiger partial charge in [0, 0.05) is 55.1 Å². The number of Topliss-reactive ketones (excluding diaryl/α,β-unsaturated/α-hetero) is 1. The first kappa shape index (κ1) is 43.7. The number of carbonyl (C=O) groups is 3. The maximum Gasteiger partial charge on any atom is 0.305 e. The molecule has 5 aromatic rings. The molecule has 0 bridgehead atoms. The number of thiazole rings is 2. The summed E-state index contributed by atoms with van der Waals surface area (Å²) in [5, 5.41) is 29.3. The zero-order chi connectivity index (χ0) is 42.1. The van der Waals surface area contributed by atoms with Crippen molar-refractivity contribution >= 4 is 50.5 Å². The fourth-order valence-corrected chi connectivity index (χ4v) is 8.93. The van der Waals surface area contributed by atoms with Crippen molar-refractivity contribution in [2.45, 2.75) is 64.2 Å². The van der Waals surface area contributed by atoms with E-state index in [-0.39, 0.29) is 52.7 Å². The lowest BCUT2D eigenvalue weighted by Crippen LogP contribution is -2.58. The first-order chi connectivity index (χ1) is 28.3. The molecule has 2 saturated heterocycles. The number of carbonyl (C=O) groups excluding carboxylic acids is 3. The van der Waals surface area contributed by atoms with Gasteiger partial charge >= 0.3 is 4.87 Å². The van der Waals surface area contributed by atoms with Crippen LogP contribution in [0.15, 0.2) is 70.8 Å². The number of likely N-dealkylation sites (tertiary alicyclic amines) is 1. The molecule has 16 heteroatoms. The van der Waals surface area contributed by atoms with Crippen LogP contribution >= 0.6 is 22.7 Å². The van der Waals surface area contributed by atoms with E-state index < -0.39 is 6.10 Å². The van der Waals surface area contributed by atoms with Gasteiger partial charge in [0.25, 0.3) is 11.8 Å². The van der Waals surface area contributed by atoms with Crippen LogP contribution in [0.4, 0.5) is 4.39 Å². The van der Waals surface area contributed by atoms with Crippen molar-refractivity contribution in [1.82, 2.24) is 30.4 Å². The number of ether oxygens (including phenoxy) is 1. The van der Waals surface area contributed by atoms with E-state index in [9.17, 15) is 33.8 Å². The number of rotatable bonds is 13. The van der Waals surface area contributed by atoms with Gasteiger partial charge in [-0.05, 0) is 68.1 Å². The lowest BCUT2D eigenvalue weighted by atomic mass is 9.89. The standard InChI is InChI=1S/C33H40FN5O5S2.C10H11NO2/c1-20(2)30-36-25(18-45-30)31(42)39-13-14-44-33(19-39)8-11-38(12-9-33)17-21-3-5-24(34)22(15-21)7-10-35-16-27(41)23-4-6-26(40)28-29(23)46-32(43)37-28;1-8(12)7-11-10(13)9-5-3-2-4-6-9/h3-6,15,18,20,27,35,40-41H,7-14,16-17,19H2,1-2H3,(H,37,43);2-6H,7H2,1H3,(H,11,13)/t27-;/m0./s1. The van der Waals surface area contributed by atoms with E-state index in [0.717, 1.165) is 47.8 Å². The second-order valence-electron chi connectivity index (χ2n) is 15.3. The molecule has 2 fully saturated rings. The lowest BCUT2D eigenvalue weighted by Gasteiger charge is -2.47. The number of aromatic hydroxyl groups is 1. The molecule has 2 amide bonds. The number of aliphatic hydroxyl groups is 1. The smallest absolute Gasteiger partial charge is 0.305 e. The zero-order valence-electron chi connectivity index (χ0n) is 33.5. The number of aromatic nitrogens is 2. The van der Waals surface area contributed by atoms with Crippen LogP contribution in [0.25, 0.3) is 10.2 Å². The van der Waals surface area contributed by atoms with Gasteiger partial charge in [0.15, 0.2) is 0 Å². The number of phenols is 1. The van der Waals surface area contributed by atoms with Crippen molar-refractivity contribution in [3.63, 3.8) is 0 Å². The topological polar surface area (TPSA) is 177 Å². The molecule has 1 atom stereocenters. The fraction of sp³-hybridized carbons (Fsp3) is 0.419. The molecule has 2 aromatic heterocycles. The average Bonchev–Trinajstić information content (AvgIpc) is 3.89. The van der Waals surface area contributed by atoms with Crippen LogP contribution in [0, 0.1) is 5.82 Å². The predicted octanol–water partition coefficient (Wildman–Crippen LogP) is 5.39. The number of aliphatic hydroxyl groups excluding tert-OH is 1. The molecule has 2 aliphatic rings. The zero-order valence-corrected chi connectivity index (χ0v) is 35.1. The molecule has 7 rings (SSSR count). The SMILES string of the molecule is CC(=O)CNC(=O)c1ccccc1.CC(C)c1nc(C(=O)N2CCOC3(CCN(Cc4ccc(F)c(CCNC[C@H](O)c5ccc(O)c6[nH]c(=O)sc56)c4)CC3)C2)cs1. The van der Waals surface area contributed by atoms with E-state index in [1.807, 2.05) is 28.5 Å². The minimum atomic E-state index is -0.892. The molecule has 1 spiro atoms. The second-order valence-corrected chi connectivity index (χ2v) is 17.2. The molecule has 13 nitrogen and oxygen atoms in total. The van der Waals surface area contributed by atoms with E-state index in [2.05, 4.69) is 39.3 Å². The van der Waals surface area contributed by atoms with Crippen LogP contribution in [0.2, 0.25) is 0 Å². The summed E-state index contributed by atoms with van der Waals surface area (Å²) in [5.41, 5.74) is 3.27. The molecule has 0 radical (unpaired) electrons. The summed E-state index contributed by atoms with van der Waals surface area (Å²) >= 11 is 2.48. The largest absolute Gasteiger partial charge is 0.506 e. The van der Waals surface area contributed by atoms with Gasteiger partial charge in [-0.3, -0.25) is 24.1 Å². The number of ketones is 1. The summed E-state index contributed by atoms with van der Waals surface area (Å²) in [7, 11) is 0. The number of morpholine rings is 1. The molecular weight excluding hydrogens is 796 g/mol. The van der Waals surface area contributed by atoms with Crippen molar-refractivity contribution in [1.29, 1.82) is 0 Å². The van der Waals surface area contributed by atoms with Crippen molar-refractivity contribution in [2.75, 3.05) is 52.4 Å². The maximum atomic E-state index is 14.7. The molecule has 3 aromatic carbocycles. The van der Waals surface area contributed by atoms with E-state index in [4.69, 9.17) is 4.74 Å². The van der Waals surface area contributed by atoms with E-state index in [0.29, 0.717) is 77.7 Å². The number of amides is 2. The monoisotopic (exact) mass is 846 g/mol. The molecule has 2 aliphatic heterocycles. The Morgan fingerprint density at radius 1 is 1.07 bits per heavy atom. The Kier molecular flexibility index (Phi) is 14.8. The normalized spacial score (nSPS) is 15.9. The number of hydrogen-bond acceptors (Lipinski definition) is 12. The summed E-state index contributed by atoms with van der Waals surface area (Å²) in [6, 6.07) is 17.1. The maximum absolute atomic E-state index is 14.7. The number of benzene rings is 3. The van der Waals surface area contributed by atoms with Gasteiger partial charge in [-0.2, -0.15) is 0 Å². The van der Waals surface area contributed by atoms with Gasteiger partial charge in [0.2, 0.25) is 0 Å². The molecule has 0 unspecified atom stereocenters. The highest BCUT2D eigenvalue weighted by atomic mass is 32.1. The predicted molar refractivity (Wildman–Crippen MR) is 227 cm³/mol. The Hall–Kier alpha value is -4.84. The third-order valence-electron chi connectivity index (χ3n) is 10.4. The van der Waals surface area contributed by atoms with Gasteiger partial charge in [-0.25, -0.2) is 9.37 Å². The van der Waals surface area contributed by atoms with Crippen LogP contribution in [0.5, 0.6) is 5.75 Å². The first-order valence-electron chi connectivity index (χ1n) is 19.8. The third kappa shape index (κ3) is 11.5. The van der Waals surface area contributed by atoms with E-state index >= 15 is 0 Å². The van der Waals surface area contributed by atoms with Crippen molar-refractivity contribution in [3.8, 4) is 5.75 Å². The number of fused-ring (bicyclic) bond motifs is 1. The van der Waals surface area contributed by atoms with Crippen LogP contribution in [0.3, 0.4) is 0 Å². The Labute approximate surface area is 350 Å². The number of H-pyrrole nitrogens is 1. The van der Waals surface area contributed by atoms with E-state index in [1.54, 1.807) is 30.3 Å². The minimum absolute atomic E-state index is 0.0206. The Bertz CT molecular complexity index is 2290. The summed E-state index contributed by atoms with van der Waals surface area (Å²) in [4.78, 5) is 58.0.